The number of carbonyl (C=O) groups is 1. The number of halogens is 2. The van der Waals surface area contributed by atoms with Gasteiger partial charge in [-0.15, -0.1) is 0 Å². The van der Waals surface area contributed by atoms with Crippen molar-refractivity contribution < 1.29 is 13.6 Å². The third-order valence-corrected chi connectivity index (χ3v) is 4.44. The van der Waals surface area contributed by atoms with E-state index < -0.39 is 11.6 Å². The van der Waals surface area contributed by atoms with E-state index >= 15 is 0 Å². The van der Waals surface area contributed by atoms with Gasteiger partial charge in [0, 0.05) is 18.3 Å². The van der Waals surface area contributed by atoms with Crippen molar-refractivity contribution >= 4 is 11.7 Å². The van der Waals surface area contributed by atoms with Crippen LogP contribution in [0.5, 0.6) is 0 Å². The number of benzene rings is 1. The highest BCUT2D eigenvalue weighted by Crippen LogP contribution is 2.28. The van der Waals surface area contributed by atoms with Crippen LogP contribution in [-0.4, -0.2) is 18.7 Å². The summed E-state index contributed by atoms with van der Waals surface area (Å²) in [7, 11) is 0. The fourth-order valence-corrected chi connectivity index (χ4v) is 3.16. The summed E-state index contributed by atoms with van der Waals surface area (Å²) in [6.45, 7) is 0.503. The summed E-state index contributed by atoms with van der Waals surface area (Å²) in [5.41, 5.74) is 0.369. The first-order chi connectivity index (χ1) is 11.6. The highest BCUT2D eigenvalue weighted by molar-refractivity contribution is 5.92. The Bertz CT molecular complexity index is 654. The van der Waals surface area contributed by atoms with Gasteiger partial charge < -0.3 is 10.6 Å². The zero-order chi connectivity index (χ0) is 16.9. The quantitative estimate of drug-likeness (QED) is 0.883. The van der Waals surface area contributed by atoms with Gasteiger partial charge in [0.25, 0.3) is 0 Å². The minimum absolute atomic E-state index is 0.320. The molecule has 24 heavy (non-hydrogen) atoms. The SMILES string of the molecule is O=C(NC1C=CC=CN1)N(CC1CCCC1)c1ccc(F)c(F)c1. The van der Waals surface area contributed by atoms with Crippen LogP contribution in [0.3, 0.4) is 0 Å². The van der Waals surface area contributed by atoms with Crippen LogP contribution in [0, 0.1) is 17.6 Å². The lowest BCUT2D eigenvalue weighted by molar-refractivity contribution is 0.242. The van der Waals surface area contributed by atoms with Crippen LogP contribution in [0.4, 0.5) is 19.3 Å². The minimum atomic E-state index is -0.949. The average Bonchev–Trinajstić information content (AvgIpc) is 3.09. The van der Waals surface area contributed by atoms with Gasteiger partial charge in [0.15, 0.2) is 11.6 Å². The summed E-state index contributed by atoms with van der Waals surface area (Å²) in [6.07, 6.45) is 11.3. The van der Waals surface area contributed by atoms with Gasteiger partial charge in [-0.3, -0.25) is 4.90 Å². The van der Waals surface area contributed by atoms with E-state index in [1.165, 1.54) is 11.0 Å². The van der Waals surface area contributed by atoms with Gasteiger partial charge in [-0.05, 0) is 49.2 Å². The molecule has 0 bridgehead atoms. The summed E-state index contributed by atoms with van der Waals surface area (Å²) >= 11 is 0. The number of amides is 2. The predicted molar refractivity (Wildman–Crippen MR) is 89.4 cm³/mol. The van der Waals surface area contributed by atoms with E-state index in [-0.39, 0.29) is 12.2 Å². The first kappa shape index (κ1) is 16.5. The highest BCUT2D eigenvalue weighted by atomic mass is 19.2. The maximum Gasteiger partial charge on any atom is 0.323 e. The van der Waals surface area contributed by atoms with E-state index in [0.29, 0.717) is 18.2 Å². The molecule has 2 N–H and O–H groups in total. The zero-order valence-corrected chi connectivity index (χ0v) is 13.3. The molecule has 0 aromatic heterocycles. The Morgan fingerprint density at radius 2 is 2.00 bits per heavy atom. The molecule has 6 heteroatoms. The molecule has 0 spiro atoms. The fourth-order valence-electron chi connectivity index (χ4n) is 3.16. The second kappa shape index (κ2) is 7.47. The summed E-state index contributed by atoms with van der Waals surface area (Å²) in [6, 6.07) is 3.25. The smallest absolute Gasteiger partial charge is 0.323 e. The number of allylic oxidation sites excluding steroid dienone is 2. The largest absolute Gasteiger partial charge is 0.368 e. The molecule has 4 nitrogen and oxygen atoms in total. The van der Waals surface area contributed by atoms with Crippen LogP contribution in [-0.2, 0) is 0 Å². The van der Waals surface area contributed by atoms with Crippen LogP contribution in [0.15, 0.2) is 42.6 Å². The van der Waals surface area contributed by atoms with Crippen LogP contribution in [0.25, 0.3) is 0 Å². The fraction of sp³-hybridized carbons (Fsp3) is 0.389. The zero-order valence-electron chi connectivity index (χ0n) is 13.3. The number of nitrogens with one attached hydrogen (secondary N) is 2. The lowest BCUT2D eigenvalue weighted by Crippen LogP contribution is -2.50. The van der Waals surface area contributed by atoms with Gasteiger partial charge in [-0.25, -0.2) is 13.6 Å². The Balaban J connectivity index is 1.77. The van der Waals surface area contributed by atoms with Gasteiger partial charge >= 0.3 is 6.03 Å². The van der Waals surface area contributed by atoms with E-state index in [9.17, 15) is 13.6 Å². The first-order valence-electron chi connectivity index (χ1n) is 8.26. The number of dihydropyridines is 1. The molecule has 3 rings (SSSR count). The number of carbonyl (C=O) groups excluding carboxylic acids is 1. The second-order valence-electron chi connectivity index (χ2n) is 6.20. The number of hydrogen-bond acceptors (Lipinski definition) is 2. The summed E-state index contributed by atoms with van der Waals surface area (Å²) in [5, 5.41) is 5.86. The molecule has 1 heterocycles. The Kier molecular flexibility index (Phi) is 5.13. The van der Waals surface area contributed by atoms with Crippen LogP contribution in [0.2, 0.25) is 0 Å². The number of hydrogen-bond donors (Lipinski definition) is 2. The van der Waals surface area contributed by atoms with Gasteiger partial charge in [-0.2, -0.15) is 0 Å². The monoisotopic (exact) mass is 333 g/mol. The summed E-state index contributed by atoms with van der Waals surface area (Å²) in [4.78, 5) is 14.2. The molecule has 1 aromatic carbocycles. The van der Waals surface area contributed by atoms with E-state index in [2.05, 4.69) is 10.6 Å². The first-order valence-corrected chi connectivity index (χ1v) is 8.26. The molecule has 128 valence electrons. The topological polar surface area (TPSA) is 44.4 Å². The molecule has 2 amide bonds. The van der Waals surface area contributed by atoms with E-state index in [4.69, 9.17) is 0 Å². The maximum atomic E-state index is 13.6. The standard InChI is InChI=1S/C18H21F2N3O/c19-15-9-8-14(11-16(15)20)23(12-13-5-1-2-6-13)18(24)22-17-7-3-4-10-21-17/h3-4,7-11,13,17,21H,1-2,5-6,12H2,(H,22,24). The van der Waals surface area contributed by atoms with E-state index in [0.717, 1.165) is 37.8 Å². The van der Waals surface area contributed by atoms with Gasteiger partial charge in [0.1, 0.15) is 6.17 Å². The Hall–Kier alpha value is -2.37. The lowest BCUT2D eigenvalue weighted by Gasteiger charge is -2.28. The van der Waals surface area contributed by atoms with Crippen molar-refractivity contribution in [3.63, 3.8) is 0 Å². The minimum Gasteiger partial charge on any atom is -0.368 e. The van der Waals surface area contributed by atoms with Gasteiger partial charge in [-0.1, -0.05) is 18.9 Å². The molecular weight excluding hydrogens is 312 g/mol. The second-order valence-corrected chi connectivity index (χ2v) is 6.20. The van der Waals surface area contributed by atoms with Crippen molar-refractivity contribution in [1.82, 2.24) is 10.6 Å². The summed E-state index contributed by atoms with van der Waals surface area (Å²) < 4.78 is 26.8. The van der Waals surface area contributed by atoms with Gasteiger partial charge in [0.05, 0.1) is 0 Å². The van der Waals surface area contributed by atoms with Crippen molar-refractivity contribution in [3.8, 4) is 0 Å². The van der Waals surface area contributed by atoms with Crippen molar-refractivity contribution in [1.29, 1.82) is 0 Å². The van der Waals surface area contributed by atoms with Gasteiger partial charge in [0.2, 0.25) is 0 Å². The molecule has 1 fully saturated rings. The summed E-state index contributed by atoms with van der Waals surface area (Å²) in [5.74, 6) is -1.48. The van der Waals surface area contributed by atoms with E-state index in [1.54, 1.807) is 6.20 Å². The van der Waals surface area contributed by atoms with Crippen molar-refractivity contribution in [2.45, 2.75) is 31.8 Å². The Morgan fingerprint density at radius 3 is 2.67 bits per heavy atom. The normalized spacial score (nSPS) is 20.0. The number of nitrogens with zero attached hydrogens (tertiary/aromatic N) is 1. The van der Waals surface area contributed by atoms with Crippen LogP contribution >= 0.6 is 0 Å². The molecular formula is C18H21F2N3O. The van der Waals surface area contributed by atoms with E-state index in [1.807, 2.05) is 18.2 Å². The molecule has 1 aromatic rings. The Morgan fingerprint density at radius 1 is 1.21 bits per heavy atom. The molecule has 1 aliphatic heterocycles. The Labute approximate surface area is 140 Å². The molecule has 2 aliphatic rings. The molecule has 0 radical (unpaired) electrons. The maximum absolute atomic E-state index is 13.6. The average molecular weight is 333 g/mol. The molecule has 1 atom stereocenters. The van der Waals surface area contributed by atoms with Crippen molar-refractivity contribution in [2.75, 3.05) is 11.4 Å². The third-order valence-electron chi connectivity index (χ3n) is 4.44. The third kappa shape index (κ3) is 3.93. The van der Waals surface area contributed by atoms with Crippen molar-refractivity contribution in [2.24, 2.45) is 5.92 Å². The number of anilines is 1. The molecule has 1 saturated carbocycles. The number of urea groups is 1. The predicted octanol–water partition coefficient (Wildman–Crippen LogP) is 3.67. The van der Waals surface area contributed by atoms with Crippen LogP contribution < -0.4 is 15.5 Å². The molecule has 1 unspecified atom stereocenters. The molecule has 1 aliphatic carbocycles. The highest BCUT2D eigenvalue weighted by Gasteiger charge is 2.25. The molecule has 0 saturated heterocycles. The van der Waals surface area contributed by atoms with Crippen LogP contribution in [0.1, 0.15) is 25.7 Å². The van der Waals surface area contributed by atoms with Crippen molar-refractivity contribution in [3.05, 3.63) is 54.3 Å². The number of rotatable bonds is 4. The lowest BCUT2D eigenvalue weighted by atomic mass is 10.1.